The number of likely N-dealkylation sites (N-methyl/N-ethyl adjacent to an activating group) is 1. The summed E-state index contributed by atoms with van der Waals surface area (Å²) in [6.45, 7) is 21.3. The van der Waals surface area contributed by atoms with Crippen molar-refractivity contribution in [1.29, 1.82) is 0 Å². The number of ether oxygens (including phenoxy) is 1. The number of carbonyl (C=O) groups excluding carboxylic acids is 1. The Kier molecular flexibility index (Phi) is 7.34. The monoisotopic (exact) mass is 368 g/mol. The number of likely N-dealkylation sites (tertiary alicyclic amines) is 1. The molecular formula is C20H40N4O2. The van der Waals surface area contributed by atoms with E-state index in [-0.39, 0.29) is 23.3 Å². The van der Waals surface area contributed by atoms with Crippen LogP contribution in [0.5, 0.6) is 0 Å². The number of piperazine rings is 1. The molecule has 0 atom stereocenters. The fourth-order valence-corrected chi connectivity index (χ4v) is 4.08. The molecule has 0 bridgehead atoms. The maximum atomic E-state index is 12.4. The van der Waals surface area contributed by atoms with Crippen molar-refractivity contribution < 1.29 is 9.53 Å². The molecular weight excluding hydrogens is 328 g/mol. The van der Waals surface area contributed by atoms with E-state index < -0.39 is 0 Å². The van der Waals surface area contributed by atoms with Crippen LogP contribution >= 0.6 is 0 Å². The second kappa shape index (κ2) is 8.89. The standard InChI is InChI=1S/C20H40N4O2/c1-7-22-12-14-23(15-13-22)16-20(21-18(25)26-17(2)3)8-10-24(11-9-20)19(4,5)6/h17H,7-16H2,1-6H3,(H,21,25). The third kappa shape index (κ3) is 6.10. The smallest absolute Gasteiger partial charge is 0.407 e. The van der Waals surface area contributed by atoms with Crippen molar-refractivity contribution in [3.8, 4) is 0 Å². The van der Waals surface area contributed by atoms with E-state index in [1.54, 1.807) is 0 Å². The summed E-state index contributed by atoms with van der Waals surface area (Å²) in [5, 5.41) is 3.27. The Morgan fingerprint density at radius 1 is 1.04 bits per heavy atom. The number of amides is 1. The van der Waals surface area contributed by atoms with Gasteiger partial charge in [-0.25, -0.2) is 4.79 Å². The summed E-state index contributed by atoms with van der Waals surface area (Å²) in [7, 11) is 0. The minimum Gasteiger partial charge on any atom is -0.447 e. The van der Waals surface area contributed by atoms with E-state index in [4.69, 9.17) is 4.74 Å². The molecule has 0 unspecified atom stereocenters. The summed E-state index contributed by atoms with van der Waals surface area (Å²) >= 11 is 0. The minimum atomic E-state index is -0.267. The molecule has 0 aromatic carbocycles. The molecule has 26 heavy (non-hydrogen) atoms. The maximum Gasteiger partial charge on any atom is 0.407 e. The van der Waals surface area contributed by atoms with Gasteiger partial charge in [-0.1, -0.05) is 6.92 Å². The molecule has 152 valence electrons. The Morgan fingerprint density at radius 2 is 1.58 bits per heavy atom. The third-order valence-electron chi connectivity index (χ3n) is 5.82. The van der Waals surface area contributed by atoms with Crippen molar-refractivity contribution in [2.45, 2.75) is 71.6 Å². The normalized spacial score (nSPS) is 23.2. The van der Waals surface area contributed by atoms with Gasteiger partial charge in [0.05, 0.1) is 11.6 Å². The van der Waals surface area contributed by atoms with Crippen LogP contribution in [0.1, 0.15) is 54.4 Å². The summed E-state index contributed by atoms with van der Waals surface area (Å²) in [5.41, 5.74) is -0.000535. The first-order valence-electron chi connectivity index (χ1n) is 10.3. The molecule has 2 saturated heterocycles. The molecule has 0 saturated carbocycles. The van der Waals surface area contributed by atoms with Crippen LogP contribution in [0.3, 0.4) is 0 Å². The SMILES string of the molecule is CCN1CCN(CC2(NC(=O)OC(C)C)CCN(C(C)(C)C)CC2)CC1. The van der Waals surface area contributed by atoms with E-state index in [0.29, 0.717) is 0 Å². The summed E-state index contributed by atoms with van der Waals surface area (Å²) in [6.07, 6.45) is 1.60. The first-order valence-corrected chi connectivity index (χ1v) is 10.3. The first-order chi connectivity index (χ1) is 12.1. The predicted molar refractivity (Wildman–Crippen MR) is 107 cm³/mol. The minimum absolute atomic E-state index is 0.0881. The summed E-state index contributed by atoms with van der Waals surface area (Å²) in [6, 6.07) is 0. The lowest BCUT2D eigenvalue weighted by atomic mass is 9.84. The zero-order chi connectivity index (χ0) is 19.4. The molecule has 1 N–H and O–H groups in total. The second-order valence-electron chi connectivity index (χ2n) is 9.23. The average Bonchev–Trinajstić information content (AvgIpc) is 2.54. The molecule has 2 aliphatic rings. The van der Waals surface area contributed by atoms with Gasteiger partial charge in [-0.05, 0) is 54.0 Å². The number of rotatable bonds is 5. The maximum absolute atomic E-state index is 12.4. The van der Waals surface area contributed by atoms with E-state index in [0.717, 1.165) is 65.2 Å². The molecule has 6 nitrogen and oxygen atoms in total. The summed E-state index contributed by atoms with van der Waals surface area (Å²) in [5.74, 6) is 0. The van der Waals surface area contributed by atoms with Crippen molar-refractivity contribution in [2.24, 2.45) is 0 Å². The van der Waals surface area contributed by atoms with E-state index in [1.165, 1.54) is 0 Å². The van der Waals surface area contributed by atoms with Gasteiger partial charge in [0, 0.05) is 51.4 Å². The van der Waals surface area contributed by atoms with E-state index in [1.807, 2.05) is 13.8 Å². The molecule has 0 aromatic heterocycles. The Labute approximate surface area is 160 Å². The van der Waals surface area contributed by atoms with Gasteiger partial charge in [0.15, 0.2) is 0 Å². The molecule has 2 heterocycles. The van der Waals surface area contributed by atoms with E-state index in [9.17, 15) is 4.79 Å². The number of alkyl carbamates (subject to hydrolysis) is 1. The molecule has 2 aliphatic heterocycles. The highest BCUT2D eigenvalue weighted by atomic mass is 16.6. The molecule has 2 rings (SSSR count). The second-order valence-corrected chi connectivity index (χ2v) is 9.23. The van der Waals surface area contributed by atoms with Crippen LogP contribution in [0.4, 0.5) is 4.79 Å². The Morgan fingerprint density at radius 3 is 2.04 bits per heavy atom. The fourth-order valence-electron chi connectivity index (χ4n) is 4.08. The van der Waals surface area contributed by atoms with E-state index >= 15 is 0 Å². The van der Waals surface area contributed by atoms with Crippen molar-refractivity contribution >= 4 is 6.09 Å². The van der Waals surface area contributed by atoms with Crippen molar-refractivity contribution in [3.63, 3.8) is 0 Å². The van der Waals surface area contributed by atoms with Crippen molar-refractivity contribution in [1.82, 2.24) is 20.0 Å². The molecule has 0 spiro atoms. The molecule has 0 radical (unpaired) electrons. The Bertz CT molecular complexity index is 445. The zero-order valence-electron chi connectivity index (χ0n) is 17.8. The van der Waals surface area contributed by atoms with Crippen LogP contribution in [-0.2, 0) is 4.74 Å². The third-order valence-corrected chi connectivity index (χ3v) is 5.82. The Hall–Kier alpha value is -0.850. The van der Waals surface area contributed by atoms with Gasteiger partial charge >= 0.3 is 6.09 Å². The largest absolute Gasteiger partial charge is 0.447 e. The Balaban J connectivity index is 2.01. The van der Waals surface area contributed by atoms with Crippen LogP contribution in [0.15, 0.2) is 0 Å². The van der Waals surface area contributed by atoms with Crippen molar-refractivity contribution in [3.05, 3.63) is 0 Å². The van der Waals surface area contributed by atoms with Gasteiger partial charge in [0.1, 0.15) is 0 Å². The van der Waals surface area contributed by atoms with Gasteiger partial charge < -0.3 is 15.0 Å². The number of hydrogen-bond acceptors (Lipinski definition) is 5. The number of piperidine rings is 1. The van der Waals surface area contributed by atoms with Crippen LogP contribution in [0, 0.1) is 0 Å². The number of carbonyl (C=O) groups is 1. The zero-order valence-corrected chi connectivity index (χ0v) is 17.8. The lowest BCUT2D eigenvalue weighted by molar-refractivity contribution is 0.0283. The van der Waals surface area contributed by atoms with Crippen LogP contribution in [0.2, 0.25) is 0 Å². The van der Waals surface area contributed by atoms with Gasteiger partial charge in [0.2, 0.25) is 0 Å². The predicted octanol–water partition coefficient (Wildman–Crippen LogP) is 2.39. The summed E-state index contributed by atoms with van der Waals surface area (Å²) in [4.78, 5) is 19.9. The molecule has 2 fully saturated rings. The molecule has 0 aliphatic carbocycles. The average molecular weight is 369 g/mol. The topological polar surface area (TPSA) is 48.1 Å². The van der Waals surface area contributed by atoms with E-state index in [2.05, 4.69) is 47.7 Å². The number of nitrogens with zero attached hydrogens (tertiary/aromatic N) is 3. The highest BCUT2D eigenvalue weighted by Gasteiger charge is 2.40. The number of nitrogens with one attached hydrogen (secondary N) is 1. The number of hydrogen-bond donors (Lipinski definition) is 1. The quantitative estimate of drug-likeness (QED) is 0.807. The lowest BCUT2D eigenvalue weighted by Gasteiger charge is -2.49. The first kappa shape index (κ1) is 21.5. The summed E-state index contributed by atoms with van der Waals surface area (Å²) < 4.78 is 5.41. The van der Waals surface area contributed by atoms with Gasteiger partial charge in [-0.3, -0.25) is 9.80 Å². The van der Waals surface area contributed by atoms with Gasteiger partial charge in [-0.2, -0.15) is 0 Å². The fraction of sp³-hybridized carbons (Fsp3) is 0.950. The van der Waals surface area contributed by atoms with Gasteiger partial charge in [0.25, 0.3) is 0 Å². The van der Waals surface area contributed by atoms with Crippen LogP contribution in [0.25, 0.3) is 0 Å². The van der Waals surface area contributed by atoms with Crippen LogP contribution < -0.4 is 5.32 Å². The van der Waals surface area contributed by atoms with Gasteiger partial charge in [-0.15, -0.1) is 0 Å². The van der Waals surface area contributed by atoms with Crippen LogP contribution in [-0.4, -0.2) is 90.3 Å². The highest BCUT2D eigenvalue weighted by Crippen LogP contribution is 2.28. The molecule has 0 aromatic rings. The van der Waals surface area contributed by atoms with Crippen molar-refractivity contribution in [2.75, 3.05) is 52.4 Å². The molecule has 1 amide bonds. The lowest BCUT2D eigenvalue weighted by Crippen LogP contribution is -2.64. The molecule has 6 heteroatoms. The highest BCUT2D eigenvalue weighted by molar-refractivity contribution is 5.68.